The summed E-state index contributed by atoms with van der Waals surface area (Å²) in [6.45, 7) is 1.37. The summed E-state index contributed by atoms with van der Waals surface area (Å²) >= 11 is 0. The third-order valence-electron chi connectivity index (χ3n) is 3.68. The second kappa shape index (κ2) is 7.77. The van der Waals surface area contributed by atoms with Gasteiger partial charge in [-0.1, -0.05) is 23.8 Å². The highest BCUT2D eigenvalue weighted by molar-refractivity contribution is 7.93. The lowest BCUT2D eigenvalue weighted by Gasteiger charge is -2.30. The summed E-state index contributed by atoms with van der Waals surface area (Å²) in [6, 6.07) is 7.80. The van der Waals surface area contributed by atoms with Crippen molar-refractivity contribution >= 4 is 15.8 Å². The van der Waals surface area contributed by atoms with Gasteiger partial charge in [-0.25, -0.2) is 17.2 Å². The van der Waals surface area contributed by atoms with Crippen molar-refractivity contribution in [3.8, 4) is 5.75 Å². The molecule has 0 radical (unpaired) electrons. The van der Waals surface area contributed by atoms with Crippen molar-refractivity contribution in [3.63, 3.8) is 0 Å². The Morgan fingerprint density at radius 1 is 1.35 bits per heavy atom. The second-order valence-electron chi connectivity index (χ2n) is 5.93. The Morgan fingerprint density at radius 3 is 2.50 bits per heavy atom. The van der Waals surface area contributed by atoms with Gasteiger partial charge in [-0.2, -0.15) is 5.10 Å². The molecule has 1 aromatic heterocycles. The molecule has 140 valence electrons. The number of carbonyl (C=O) groups excluding carboxylic acids is 1. The Morgan fingerprint density at radius 2 is 2.00 bits per heavy atom. The lowest BCUT2D eigenvalue weighted by Crippen LogP contribution is -2.45. The number of halogens is 2. The molecule has 1 aromatic carbocycles. The maximum absolute atomic E-state index is 14.1. The maximum atomic E-state index is 14.1. The molecule has 0 aliphatic rings. The summed E-state index contributed by atoms with van der Waals surface area (Å²) in [5, 5.41) is 6.90. The smallest absolute Gasteiger partial charge is 0.328 e. The maximum Gasteiger partial charge on any atom is 0.328 e. The van der Waals surface area contributed by atoms with Crippen molar-refractivity contribution in [2.45, 2.75) is 25.2 Å². The number of aromatic amines is 1. The van der Waals surface area contributed by atoms with E-state index in [1.165, 1.54) is 25.3 Å². The van der Waals surface area contributed by atoms with Crippen LogP contribution in [0.1, 0.15) is 18.9 Å². The molecule has 0 saturated heterocycles. The molecule has 1 heterocycles. The van der Waals surface area contributed by atoms with Crippen LogP contribution in [-0.4, -0.2) is 37.3 Å². The predicted molar refractivity (Wildman–Crippen MR) is 91.6 cm³/mol. The van der Waals surface area contributed by atoms with Gasteiger partial charge in [0.1, 0.15) is 5.75 Å². The largest absolute Gasteiger partial charge is 0.426 e. The van der Waals surface area contributed by atoms with Gasteiger partial charge < -0.3 is 4.74 Å². The van der Waals surface area contributed by atoms with E-state index in [0.29, 0.717) is 0 Å². The minimum absolute atomic E-state index is 0.0883. The lowest BCUT2D eigenvalue weighted by molar-refractivity contribution is -0.147. The average Bonchev–Trinajstić information content (AvgIpc) is 3.06. The number of sulfone groups is 1. The third kappa shape index (κ3) is 4.54. The van der Waals surface area contributed by atoms with E-state index in [0.717, 1.165) is 17.9 Å². The van der Waals surface area contributed by atoms with Gasteiger partial charge in [-0.3, -0.25) is 9.89 Å². The standard InChI is InChI=1S/C17H18F2N2O4S/c1-12(11-26(2,23)24)8-17(15(18)19,13-9-20-21-10-13)16(22)25-14-6-4-3-5-7-14/h3-7,9-11,15H,8H2,1-2H3,(H,20,21). The van der Waals surface area contributed by atoms with E-state index in [4.69, 9.17) is 4.74 Å². The predicted octanol–water partition coefficient (Wildman–Crippen LogP) is 2.86. The van der Waals surface area contributed by atoms with E-state index in [1.54, 1.807) is 18.2 Å². The zero-order valence-corrected chi connectivity index (χ0v) is 15.0. The van der Waals surface area contributed by atoms with E-state index in [9.17, 15) is 22.0 Å². The molecule has 2 rings (SSSR count). The normalized spacial score (nSPS) is 14.9. The number of aromatic nitrogens is 2. The second-order valence-corrected chi connectivity index (χ2v) is 7.83. The molecule has 0 amide bonds. The third-order valence-corrected chi connectivity index (χ3v) is 4.51. The fraction of sp³-hybridized carbons (Fsp3) is 0.294. The first-order chi connectivity index (χ1) is 12.1. The summed E-state index contributed by atoms with van der Waals surface area (Å²) in [5.74, 6) is -1.09. The number of hydrogen-bond acceptors (Lipinski definition) is 5. The van der Waals surface area contributed by atoms with E-state index < -0.39 is 34.1 Å². The Kier molecular flexibility index (Phi) is 5.91. The van der Waals surface area contributed by atoms with Crippen molar-refractivity contribution in [1.29, 1.82) is 0 Å². The fourth-order valence-corrected chi connectivity index (χ4v) is 3.43. The molecule has 1 unspecified atom stereocenters. The summed E-state index contributed by atoms with van der Waals surface area (Å²) in [6.07, 6.45) is -0.471. The molecule has 2 aromatic rings. The number of benzene rings is 1. The zero-order chi connectivity index (χ0) is 19.4. The van der Waals surface area contributed by atoms with Crippen LogP contribution in [0.4, 0.5) is 8.78 Å². The van der Waals surface area contributed by atoms with Crippen molar-refractivity contribution < 1.29 is 26.7 Å². The van der Waals surface area contributed by atoms with E-state index >= 15 is 0 Å². The number of hydrogen-bond donors (Lipinski definition) is 1. The van der Waals surface area contributed by atoms with Gasteiger partial charge in [0.25, 0.3) is 6.43 Å². The minimum atomic E-state index is -3.56. The SMILES string of the molecule is CC(=CS(C)(=O)=O)CC(C(=O)Oc1ccccc1)(c1cn[nH]c1)C(F)F. The van der Waals surface area contributed by atoms with Crippen molar-refractivity contribution in [1.82, 2.24) is 10.2 Å². The van der Waals surface area contributed by atoms with Crippen LogP contribution < -0.4 is 4.74 Å². The quantitative estimate of drug-likeness (QED) is 0.586. The molecular weight excluding hydrogens is 366 g/mol. The van der Waals surface area contributed by atoms with E-state index in [2.05, 4.69) is 10.2 Å². The monoisotopic (exact) mass is 384 g/mol. The molecule has 0 aliphatic carbocycles. The number of carbonyl (C=O) groups is 1. The fourth-order valence-electron chi connectivity index (χ4n) is 2.61. The minimum Gasteiger partial charge on any atom is -0.426 e. The van der Waals surface area contributed by atoms with Gasteiger partial charge in [0.15, 0.2) is 15.3 Å². The molecule has 0 aliphatic heterocycles. The zero-order valence-electron chi connectivity index (χ0n) is 14.1. The molecule has 26 heavy (non-hydrogen) atoms. The number of nitrogens with zero attached hydrogens (tertiary/aromatic N) is 1. The highest BCUT2D eigenvalue weighted by Crippen LogP contribution is 2.38. The van der Waals surface area contributed by atoms with Gasteiger partial charge in [0, 0.05) is 23.4 Å². The van der Waals surface area contributed by atoms with Gasteiger partial charge in [-0.15, -0.1) is 0 Å². The van der Waals surface area contributed by atoms with Crippen LogP contribution in [0, 0.1) is 0 Å². The number of H-pyrrole nitrogens is 1. The number of esters is 1. The van der Waals surface area contributed by atoms with E-state index in [-0.39, 0.29) is 16.9 Å². The first-order valence-corrected chi connectivity index (χ1v) is 9.52. The van der Waals surface area contributed by atoms with Crippen LogP contribution in [0.15, 0.2) is 53.7 Å². The van der Waals surface area contributed by atoms with Gasteiger partial charge in [0.05, 0.1) is 6.20 Å². The van der Waals surface area contributed by atoms with Gasteiger partial charge in [0.2, 0.25) is 0 Å². The van der Waals surface area contributed by atoms with Crippen LogP contribution in [0.25, 0.3) is 0 Å². The number of nitrogens with one attached hydrogen (secondary N) is 1. The molecule has 0 fully saturated rings. The van der Waals surface area contributed by atoms with Crippen LogP contribution >= 0.6 is 0 Å². The molecular formula is C17H18F2N2O4S. The Balaban J connectivity index is 2.50. The number of allylic oxidation sites excluding steroid dienone is 1. The molecule has 9 heteroatoms. The van der Waals surface area contributed by atoms with Crippen LogP contribution in [0.2, 0.25) is 0 Å². The van der Waals surface area contributed by atoms with Crippen molar-refractivity contribution in [2.24, 2.45) is 0 Å². The summed E-state index contributed by atoms with van der Waals surface area (Å²) in [7, 11) is -3.56. The molecule has 0 saturated carbocycles. The number of rotatable bonds is 7. The first kappa shape index (κ1) is 19.8. The number of alkyl halides is 2. The summed E-state index contributed by atoms with van der Waals surface area (Å²) in [5.41, 5.74) is -2.39. The number of ether oxygens (including phenoxy) is 1. The molecule has 1 atom stereocenters. The Bertz CT molecular complexity index is 881. The highest BCUT2D eigenvalue weighted by atomic mass is 32.2. The van der Waals surface area contributed by atoms with Crippen LogP contribution in [-0.2, 0) is 20.0 Å². The highest BCUT2D eigenvalue weighted by Gasteiger charge is 2.51. The van der Waals surface area contributed by atoms with E-state index in [1.807, 2.05) is 0 Å². The van der Waals surface area contributed by atoms with Crippen molar-refractivity contribution in [3.05, 3.63) is 59.3 Å². The van der Waals surface area contributed by atoms with Gasteiger partial charge >= 0.3 is 5.97 Å². The van der Waals surface area contributed by atoms with Crippen LogP contribution in [0.3, 0.4) is 0 Å². The van der Waals surface area contributed by atoms with Crippen LogP contribution in [0.5, 0.6) is 5.75 Å². The lowest BCUT2D eigenvalue weighted by atomic mass is 9.77. The Labute approximate surface area is 149 Å². The van der Waals surface area contributed by atoms with Gasteiger partial charge in [-0.05, 0) is 25.5 Å². The summed E-state index contributed by atoms with van der Waals surface area (Å²) < 4.78 is 56.3. The summed E-state index contributed by atoms with van der Waals surface area (Å²) in [4.78, 5) is 12.8. The number of para-hydroxylation sites is 1. The average molecular weight is 384 g/mol. The topological polar surface area (TPSA) is 89.1 Å². The van der Waals surface area contributed by atoms with Crippen molar-refractivity contribution in [2.75, 3.05) is 6.26 Å². The Hall–Kier alpha value is -2.55. The molecule has 0 spiro atoms. The molecule has 6 nitrogen and oxygen atoms in total. The first-order valence-electron chi connectivity index (χ1n) is 7.57. The molecule has 0 bridgehead atoms. The molecule has 1 N–H and O–H groups in total.